The molecule has 10 heteroatoms. The summed E-state index contributed by atoms with van der Waals surface area (Å²) in [4.78, 5) is 30.3. The number of carbonyl (C=O) groups excluding carboxylic acids is 2. The maximum absolute atomic E-state index is 13.3. The van der Waals surface area contributed by atoms with Gasteiger partial charge in [0.05, 0.1) is 51.7 Å². The minimum Gasteiger partial charge on any atom is -0.507 e. The molecule has 0 saturated carbocycles. The average molecular weight is 513 g/mol. The van der Waals surface area contributed by atoms with Crippen LogP contribution in [-0.2, 0) is 14.3 Å². The first kappa shape index (κ1) is 26.3. The number of aliphatic hydroxyl groups excluding tert-OH is 1. The van der Waals surface area contributed by atoms with Crippen LogP contribution in [0, 0.1) is 0 Å². The Balaban J connectivity index is 1.75. The summed E-state index contributed by atoms with van der Waals surface area (Å²) in [5.74, 6) is -0.978. The van der Waals surface area contributed by atoms with Gasteiger partial charge in [-0.2, -0.15) is 0 Å². The standard InChI is InChI=1S/C27H32N2O8/c1-34-18-6-7-19(20(30)16-18)25(31)23-24(17-5-8-21(35-2)22(15-17)36-3)29(27(33)26(23)32)10-4-9-28-11-13-37-14-12-28/h5-8,15-16,24,30-31H,4,9-14H2,1-3H3. The number of ketones is 1. The van der Waals surface area contributed by atoms with Crippen molar-refractivity contribution in [3.05, 3.63) is 53.1 Å². The second-order valence-corrected chi connectivity index (χ2v) is 8.80. The van der Waals surface area contributed by atoms with Gasteiger partial charge in [-0.15, -0.1) is 0 Å². The van der Waals surface area contributed by atoms with Crippen molar-refractivity contribution in [2.24, 2.45) is 0 Å². The van der Waals surface area contributed by atoms with Crippen molar-refractivity contribution in [3.8, 4) is 23.0 Å². The zero-order valence-corrected chi connectivity index (χ0v) is 21.2. The predicted molar refractivity (Wildman–Crippen MR) is 135 cm³/mol. The predicted octanol–water partition coefficient (Wildman–Crippen LogP) is 2.56. The van der Waals surface area contributed by atoms with Crippen LogP contribution in [0.15, 0.2) is 42.0 Å². The Hall–Kier alpha value is -3.76. The number of hydrogen-bond donors (Lipinski definition) is 2. The van der Waals surface area contributed by atoms with E-state index in [1.165, 1.54) is 38.4 Å². The Morgan fingerprint density at radius 3 is 2.35 bits per heavy atom. The summed E-state index contributed by atoms with van der Waals surface area (Å²) in [6.07, 6.45) is 0.630. The molecule has 1 unspecified atom stereocenters. The van der Waals surface area contributed by atoms with E-state index in [0.29, 0.717) is 49.0 Å². The number of hydrogen-bond acceptors (Lipinski definition) is 9. The highest BCUT2D eigenvalue weighted by atomic mass is 16.5. The quantitative estimate of drug-likeness (QED) is 0.297. The van der Waals surface area contributed by atoms with Gasteiger partial charge >= 0.3 is 0 Å². The lowest BCUT2D eigenvalue weighted by Crippen LogP contribution is -2.38. The first-order valence-electron chi connectivity index (χ1n) is 12.1. The molecule has 4 rings (SSSR count). The molecule has 0 aliphatic carbocycles. The van der Waals surface area contributed by atoms with E-state index in [1.54, 1.807) is 24.3 Å². The van der Waals surface area contributed by atoms with Crippen molar-refractivity contribution in [2.75, 3.05) is 60.7 Å². The molecule has 2 aromatic carbocycles. The number of morpholine rings is 1. The summed E-state index contributed by atoms with van der Waals surface area (Å²) in [5, 5.41) is 21.8. The van der Waals surface area contributed by atoms with E-state index in [-0.39, 0.29) is 16.9 Å². The first-order chi connectivity index (χ1) is 17.9. The molecule has 10 nitrogen and oxygen atoms in total. The molecule has 2 aliphatic rings. The maximum Gasteiger partial charge on any atom is 0.295 e. The minimum absolute atomic E-state index is 0.0255. The molecule has 2 aromatic rings. The average Bonchev–Trinajstić information content (AvgIpc) is 3.17. The number of phenolic OH excluding ortho intramolecular Hbond substituents is 1. The molecule has 0 bridgehead atoms. The van der Waals surface area contributed by atoms with E-state index in [2.05, 4.69) is 4.90 Å². The highest BCUT2D eigenvalue weighted by Crippen LogP contribution is 2.43. The normalized spacial score (nSPS) is 19.8. The number of Topliss-reactive ketones (excluding diaryl/α,β-unsaturated/α-hetero) is 1. The number of nitrogens with zero attached hydrogens (tertiary/aromatic N) is 2. The Morgan fingerprint density at radius 1 is 0.973 bits per heavy atom. The van der Waals surface area contributed by atoms with Crippen LogP contribution < -0.4 is 14.2 Å². The van der Waals surface area contributed by atoms with E-state index >= 15 is 0 Å². The number of aromatic hydroxyl groups is 1. The SMILES string of the molecule is COc1ccc(C(O)=C2C(=O)C(=O)N(CCCN3CCOCC3)C2c2ccc(OC)c(OC)c2)c(O)c1. The Morgan fingerprint density at radius 2 is 1.70 bits per heavy atom. The largest absolute Gasteiger partial charge is 0.507 e. The van der Waals surface area contributed by atoms with Gasteiger partial charge in [0.15, 0.2) is 11.5 Å². The van der Waals surface area contributed by atoms with Gasteiger partial charge in [0.2, 0.25) is 0 Å². The fourth-order valence-electron chi connectivity index (χ4n) is 4.75. The van der Waals surface area contributed by atoms with Crippen LogP contribution in [0.3, 0.4) is 0 Å². The summed E-state index contributed by atoms with van der Waals surface area (Å²) < 4.78 is 21.3. The number of carbonyl (C=O) groups is 2. The fourth-order valence-corrected chi connectivity index (χ4v) is 4.75. The van der Waals surface area contributed by atoms with Crippen molar-refractivity contribution in [1.82, 2.24) is 9.80 Å². The molecule has 2 heterocycles. The van der Waals surface area contributed by atoms with Gasteiger partial charge in [0.1, 0.15) is 17.3 Å². The second-order valence-electron chi connectivity index (χ2n) is 8.80. The van der Waals surface area contributed by atoms with Gasteiger partial charge < -0.3 is 34.1 Å². The van der Waals surface area contributed by atoms with Crippen LogP contribution in [0.5, 0.6) is 23.0 Å². The third kappa shape index (κ3) is 5.35. The van der Waals surface area contributed by atoms with Crippen molar-refractivity contribution >= 4 is 17.4 Å². The molecule has 2 fully saturated rings. The van der Waals surface area contributed by atoms with Gasteiger partial charge in [0.25, 0.3) is 11.7 Å². The van der Waals surface area contributed by atoms with Crippen molar-refractivity contribution < 1.29 is 38.7 Å². The Labute approximate surface area is 215 Å². The van der Waals surface area contributed by atoms with Crippen LogP contribution in [0.25, 0.3) is 5.76 Å². The summed E-state index contributed by atoms with van der Waals surface area (Å²) in [5.41, 5.74) is 0.486. The van der Waals surface area contributed by atoms with Gasteiger partial charge in [-0.3, -0.25) is 14.5 Å². The van der Waals surface area contributed by atoms with Crippen molar-refractivity contribution in [1.29, 1.82) is 0 Å². The molecule has 0 aromatic heterocycles. The molecular formula is C27H32N2O8. The fraction of sp³-hybridized carbons (Fsp3) is 0.407. The number of methoxy groups -OCH3 is 3. The zero-order chi connectivity index (χ0) is 26.5. The summed E-state index contributed by atoms with van der Waals surface area (Å²) in [7, 11) is 4.46. The van der Waals surface area contributed by atoms with Gasteiger partial charge in [0, 0.05) is 32.2 Å². The van der Waals surface area contributed by atoms with Crippen LogP contribution in [-0.4, -0.2) is 92.4 Å². The number of likely N-dealkylation sites (tertiary alicyclic amines) is 1. The summed E-state index contributed by atoms with van der Waals surface area (Å²) in [6.45, 7) is 4.00. The molecule has 198 valence electrons. The Kier molecular flexibility index (Phi) is 8.20. The van der Waals surface area contributed by atoms with Crippen LogP contribution in [0.4, 0.5) is 0 Å². The van der Waals surface area contributed by atoms with E-state index < -0.39 is 23.5 Å². The lowest BCUT2D eigenvalue weighted by molar-refractivity contribution is -0.140. The molecule has 0 radical (unpaired) electrons. The Bertz CT molecular complexity index is 1190. The zero-order valence-electron chi connectivity index (χ0n) is 21.2. The van der Waals surface area contributed by atoms with Gasteiger partial charge in [-0.25, -0.2) is 0 Å². The van der Waals surface area contributed by atoms with Crippen LogP contribution in [0.1, 0.15) is 23.6 Å². The minimum atomic E-state index is -0.883. The number of phenols is 1. The third-order valence-corrected chi connectivity index (χ3v) is 6.70. The topological polar surface area (TPSA) is 118 Å². The molecule has 2 aliphatic heterocycles. The highest BCUT2D eigenvalue weighted by Gasteiger charge is 2.46. The van der Waals surface area contributed by atoms with E-state index in [4.69, 9.17) is 18.9 Å². The molecule has 2 saturated heterocycles. The van der Waals surface area contributed by atoms with E-state index in [1.807, 2.05) is 0 Å². The molecule has 0 spiro atoms. The smallest absolute Gasteiger partial charge is 0.295 e. The highest BCUT2D eigenvalue weighted by molar-refractivity contribution is 6.46. The molecule has 1 atom stereocenters. The van der Waals surface area contributed by atoms with E-state index in [9.17, 15) is 19.8 Å². The monoisotopic (exact) mass is 512 g/mol. The van der Waals surface area contributed by atoms with Gasteiger partial charge in [-0.05, 0) is 36.2 Å². The second kappa shape index (κ2) is 11.5. The third-order valence-electron chi connectivity index (χ3n) is 6.70. The van der Waals surface area contributed by atoms with Crippen LogP contribution >= 0.6 is 0 Å². The number of amides is 1. The molecular weight excluding hydrogens is 480 g/mol. The van der Waals surface area contributed by atoms with E-state index in [0.717, 1.165) is 19.6 Å². The summed E-state index contributed by atoms with van der Waals surface area (Å²) >= 11 is 0. The number of ether oxygens (including phenoxy) is 4. The van der Waals surface area contributed by atoms with Crippen LogP contribution in [0.2, 0.25) is 0 Å². The van der Waals surface area contributed by atoms with Gasteiger partial charge in [-0.1, -0.05) is 6.07 Å². The molecule has 1 amide bonds. The molecule has 2 N–H and O–H groups in total. The lowest BCUT2D eigenvalue weighted by Gasteiger charge is -2.29. The summed E-state index contributed by atoms with van der Waals surface area (Å²) in [6, 6.07) is 8.55. The molecule has 37 heavy (non-hydrogen) atoms. The number of aliphatic hydroxyl groups is 1. The number of benzene rings is 2. The van der Waals surface area contributed by atoms with Crippen molar-refractivity contribution in [3.63, 3.8) is 0 Å². The first-order valence-corrected chi connectivity index (χ1v) is 12.1. The lowest BCUT2D eigenvalue weighted by atomic mass is 9.94. The van der Waals surface area contributed by atoms with Crippen molar-refractivity contribution in [2.45, 2.75) is 12.5 Å². The number of rotatable bonds is 9. The maximum atomic E-state index is 13.3.